The van der Waals surface area contributed by atoms with E-state index in [0.29, 0.717) is 17.9 Å². The summed E-state index contributed by atoms with van der Waals surface area (Å²) in [4.78, 5) is 13.2. The number of hydrogen-bond acceptors (Lipinski definition) is 4. The predicted octanol–water partition coefficient (Wildman–Crippen LogP) is 1.08. The molecule has 4 N–H and O–H groups in total. The average Bonchev–Trinajstić information content (AvgIpc) is 2.37. The maximum absolute atomic E-state index is 12.6. The first kappa shape index (κ1) is 16.2. The lowest BCUT2D eigenvalue weighted by Gasteiger charge is -2.26. The van der Waals surface area contributed by atoms with Crippen molar-refractivity contribution in [2.75, 3.05) is 36.9 Å². The molecule has 0 saturated carbocycles. The Kier molecular flexibility index (Phi) is 6.17. The van der Waals surface area contributed by atoms with Crippen LogP contribution in [0.15, 0.2) is 18.2 Å². The average molecular weight is 287 g/mol. The number of amides is 1. The van der Waals surface area contributed by atoms with E-state index in [1.54, 1.807) is 6.92 Å². The van der Waals surface area contributed by atoms with Crippen LogP contribution in [0.25, 0.3) is 0 Å². The van der Waals surface area contributed by atoms with Crippen molar-refractivity contribution in [3.63, 3.8) is 0 Å². The fourth-order valence-electron chi connectivity index (χ4n) is 1.86. The monoisotopic (exact) mass is 287 g/mol. The Morgan fingerprint density at radius 3 is 2.75 bits per heavy atom. The molecule has 0 saturated heterocycles. The molecule has 7 heteroatoms. The summed E-state index contributed by atoms with van der Waals surface area (Å²) >= 11 is 0. The molecule has 1 aromatic rings. The summed E-state index contributed by atoms with van der Waals surface area (Å²) in [5.74, 6) is -0.361. The molecule has 20 heavy (non-hydrogen) atoms. The standard InChI is InChI=1S/C13H19F2N3O2/c1-2-17-13(20)10-4-3-9(16)7-11(10)18(5-6-19)8-12(14)15/h3-4,7,12,19H,2,5-6,8,16H2,1H3,(H,17,20). The van der Waals surface area contributed by atoms with Gasteiger partial charge in [0.05, 0.1) is 24.4 Å². The number of halogens is 2. The zero-order valence-electron chi connectivity index (χ0n) is 11.3. The molecule has 1 aromatic carbocycles. The molecule has 0 spiro atoms. The summed E-state index contributed by atoms with van der Waals surface area (Å²) < 4.78 is 25.2. The number of aliphatic hydroxyl groups excluding tert-OH is 1. The van der Waals surface area contributed by atoms with Crippen LogP contribution < -0.4 is 16.0 Å². The number of hydrogen-bond donors (Lipinski definition) is 3. The highest BCUT2D eigenvalue weighted by Crippen LogP contribution is 2.24. The lowest BCUT2D eigenvalue weighted by Crippen LogP contribution is -2.34. The third-order valence-corrected chi connectivity index (χ3v) is 2.67. The van der Waals surface area contributed by atoms with Crippen LogP contribution in [-0.4, -0.2) is 43.7 Å². The summed E-state index contributed by atoms with van der Waals surface area (Å²) in [6.07, 6.45) is -2.58. The molecule has 0 fully saturated rings. The van der Waals surface area contributed by atoms with E-state index in [4.69, 9.17) is 10.8 Å². The van der Waals surface area contributed by atoms with E-state index in [2.05, 4.69) is 5.32 Å². The van der Waals surface area contributed by atoms with Gasteiger partial charge in [-0.2, -0.15) is 0 Å². The highest BCUT2D eigenvalue weighted by atomic mass is 19.3. The third-order valence-electron chi connectivity index (χ3n) is 2.67. The normalized spacial score (nSPS) is 10.7. The molecular weight excluding hydrogens is 268 g/mol. The first-order valence-corrected chi connectivity index (χ1v) is 6.31. The molecule has 112 valence electrons. The van der Waals surface area contributed by atoms with E-state index in [-0.39, 0.29) is 24.6 Å². The van der Waals surface area contributed by atoms with Crippen LogP contribution in [0, 0.1) is 0 Å². The van der Waals surface area contributed by atoms with E-state index < -0.39 is 13.0 Å². The molecular formula is C13H19F2N3O2. The Labute approximate surface area is 116 Å². The van der Waals surface area contributed by atoms with Crippen LogP contribution in [0.2, 0.25) is 0 Å². The van der Waals surface area contributed by atoms with Crippen molar-refractivity contribution < 1.29 is 18.7 Å². The quantitative estimate of drug-likeness (QED) is 0.656. The van der Waals surface area contributed by atoms with Crippen molar-refractivity contribution in [1.29, 1.82) is 0 Å². The number of rotatable bonds is 7. The maximum Gasteiger partial charge on any atom is 0.255 e. The van der Waals surface area contributed by atoms with Crippen LogP contribution in [0.5, 0.6) is 0 Å². The van der Waals surface area contributed by atoms with Gasteiger partial charge in [0.25, 0.3) is 12.3 Å². The SMILES string of the molecule is CCNC(=O)c1ccc(N)cc1N(CCO)CC(F)F. The molecule has 5 nitrogen and oxygen atoms in total. The van der Waals surface area contributed by atoms with E-state index >= 15 is 0 Å². The fourth-order valence-corrected chi connectivity index (χ4v) is 1.86. The van der Waals surface area contributed by atoms with Gasteiger partial charge in [0.15, 0.2) is 0 Å². The first-order valence-electron chi connectivity index (χ1n) is 6.31. The molecule has 0 radical (unpaired) electrons. The lowest BCUT2D eigenvalue weighted by atomic mass is 10.1. The summed E-state index contributed by atoms with van der Waals surface area (Å²) in [6.45, 7) is 1.32. The smallest absolute Gasteiger partial charge is 0.255 e. The minimum absolute atomic E-state index is 0.000197. The highest BCUT2D eigenvalue weighted by molar-refractivity contribution is 6.00. The number of carbonyl (C=O) groups excluding carboxylic acids is 1. The number of alkyl halides is 2. The molecule has 0 aliphatic rings. The summed E-state index contributed by atoms with van der Waals surface area (Å²) in [6, 6.07) is 4.49. The van der Waals surface area contributed by atoms with Gasteiger partial charge in [0.2, 0.25) is 0 Å². The number of aliphatic hydroxyl groups is 1. The minimum Gasteiger partial charge on any atom is -0.399 e. The van der Waals surface area contributed by atoms with E-state index in [0.717, 1.165) is 0 Å². The number of nitrogens with two attached hydrogens (primary N) is 1. The largest absolute Gasteiger partial charge is 0.399 e. The molecule has 0 heterocycles. The molecule has 0 atom stereocenters. The predicted molar refractivity (Wildman–Crippen MR) is 74.2 cm³/mol. The van der Waals surface area contributed by atoms with Crippen LogP contribution in [0.4, 0.5) is 20.2 Å². The van der Waals surface area contributed by atoms with Crippen LogP contribution in [0.1, 0.15) is 17.3 Å². The van der Waals surface area contributed by atoms with E-state index in [1.807, 2.05) is 0 Å². The van der Waals surface area contributed by atoms with Gasteiger partial charge in [-0.3, -0.25) is 4.79 Å². The zero-order valence-corrected chi connectivity index (χ0v) is 11.3. The summed E-state index contributed by atoms with van der Waals surface area (Å²) in [5.41, 5.74) is 6.58. The Hall–Kier alpha value is -1.89. The van der Waals surface area contributed by atoms with Gasteiger partial charge in [-0.25, -0.2) is 8.78 Å². The van der Waals surface area contributed by atoms with Crippen molar-refractivity contribution in [3.8, 4) is 0 Å². The fraction of sp³-hybridized carbons (Fsp3) is 0.462. The van der Waals surface area contributed by atoms with Crippen LogP contribution >= 0.6 is 0 Å². The van der Waals surface area contributed by atoms with Gasteiger partial charge < -0.3 is 21.1 Å². The van der Waals surface area contributed by atoms with Crippen LogP contribution in [0.3, 0.4) is 0 Å². The summed E-state index contributed by atoms with van der Waals surface area (Å²) in [7, 11) is 0. The molecule has 1 rings (SSSR count). The van der Waals surface area contributed by atoms with Gasteiger partial charge in [-0.1, -0.05) is 0 Å². The molecule has 0 unspecified atom stereocenters. The highest BCUT2D eigenvalue weighted by Gasteiger charge is 2.19. The van der Waals surface area contributed by atoms with Crippen molar-refractivity contribution in [1.82, 2.24) is 5.32 Å². The lowest BCUT2D eigenvalue weighted by molar-refractivity contribution is 0.0955. The molecule has 0 aromatic heterocycles. The number of nitrogens with one attached hydrogen (secondary N) is 1. The van der Waals surface area contributed by atoms with Gasteiger partial charge in [-0.15, -0.1) is 0 Å². The van der Waals surface area contributed by atoms with Crippen molar-refractivity contribution in [2.45, 2.75) is 13.3 Å². The molecule has 0 bridgehead atoms. The van der Waals surface area contributed by atoms with Gasteiger partial charge >= 0.3 is 0 Å². The van der Waals surface area contributed by atoms with Crippen LogP contribution in [-0.2, 0) is 0 Å². The molecule has 0 aliphatic heterocycles. The first-order chi connectivity index (χ1) is 9.49. The van der Waals surface area contributed by atoms with E-state index in [1.165, 1.54) is 23.1 Å². The van der Waals surface area contributed by atoms with Crippen molar-refractivity contribution in [2.24, 2.45) is 0 Å². The van der Waals surface area contributed by atoms with Crippen molar-refractivity contribution in [3.05, 3.63) is 23.8 Å². The zero-order chi connectivity index (χ0) is 15.1. The second kappa shape index (κ2) is 7.64. The minimum atomic E-state index is -2.58. The Morgan fingerprint density at radius 1 is 1.50 bits per heavy atom. The number of carbonyl (C=O) groups is 1. The maximum atomic E-state index is 12.6. The number of anilines is 2. The van der Waals surface area contributed by atoms with Gasteiger partial charge in [0.1, 0.15) is 0 Å². The summed E-state index contributed by atoms with van der Waals surface area (Å²) in [5, 5.41) is 11.6. The second-order valence-electron chi connectivity index (χ2n) is 4.20. The topological polar surface area (TPSA) is 78.6 Å². The number of nitrogen functional groups attached to an aromatic ring is 1. The van der Waals surface area contributed by atoms with E-state index in [9.17, 15) is 13.6 Å². The Morgan fingerprint density at radius 2 is 2.20 bits per heavy atom. The number of benzene rings is 1. The Balaban J connectivity index is 3.16. The molecule has 0 aliphatic carbocycles. The van der Waals surface area contributed by atoms with Gasteiger partial charge in [0, 0.05) is 18.8 Å². The van der Waals surface area contributed by atoms with Crippen molar-refractivity contribution >= 4 is 17.3 Å². The third kappa shape index (κ3) is 4.34. The number of nitrogens with zero attached hydrogens (tertiary/aromatic N) is 1. The van der Waals surface area contributed by atoms with Gasteiger partial charge in [-0.05, 0) is 25.1 Å². The molecule has 1 amide bonds. The Bertz CT molecular complexity index is 455. The second-order valence-corrected chi connectivity index (χ2v) is 4.20.